The van der Waals surface area contributed by atoms with Gasteiger partial charge in [-0.15, -0.1) is 0 Å². The quantitative estimate of drug-likeness (QED) is 0.855. The van der Waals surface area contributed by atoms with Crippen LogP contribution in [-0.2, 0) is 9.53 Å². The van der Waals surface area contributed by atoms with Gasteiger partial charge in [0.25, 0.3) is 5.91 Å². The maximum atomic E-state index is 13.1. The number of rotatable bonds is 3. The summed E-state index contributed by atoms with van der Waals surface area (Å²) in [6.45, 7) is 4.58. The second kappa shape index (κ2) is 6.29. The van der Waals surface area contributed by atoms with E-state index in [9.17, 15) is 14.4 Å². The fraction of sp³-hybridized carbons (Fsp3) is 0.611. The smallest absolute Gasteiger partial charge is 0.270 e. The Morgan fingerprint density at radius 1 is 1.40 bits per heavy atom. The van der Waals surface area contributed by atoms with Crippen LogP contribution >= 0.6 is 0 Å². The molecule has 2 N–H and O–H groups in total. The second-order valence-corrected chi connectivity index (χ2v) is 7.51. The minimum atomic E-state index is -0.514. The van der Waals surface area contributed by atoms with Gasteiger partial charge >= 0.3 is 0 Å². The van der Waals surface area contributed by atoms with Gasteiger partial charge in [-0.25, -0.2) is 0 Å². The molecule has 2 saturated heterocycles. The Balaban J connectivity index is 1.95. The van der Waals surface area contributed by atoms with Gasteiger partial charge in [-0.3, -0.25) is 14.4 Å². The van der Waals surface area contributed by atoms with Gasteiger partial charge in [-0.1, -0.05) is 6.07 Å². The summed E-state index contributed by atoms with van der Waals surface area (Å²) in [5, 5.41) is 2.64. The van der Waals surface area contributed by atoms with Gasteiger partial charge in [0.2, 0.25) is 11.5 Å². The fourth-order valence-corrected chi connectivity index (χ4v) is 4.33. The molecule has 0 aromatic carbocycles. The molecule has 0 saturated carbocycles. The first kappa shape index (κ1) is 17.7. The van der Waals surface area contributed by atoms with Gasteiger partial charge in [0.15, 0.2) is 0 Å². The van der Waals surface area contributed by atoms with Crippen molar-refractivity contribution in [1.29, 1.82) is 0 Å². The molecule has 25 heavy (non-hydrogen) atoms. The number of nitrogens with zero attached hydrogens (tertiary/aromatic N) is 1. The van der Waals surface area contributed by atoms with Crippen LogP contribution < -0.4 is 10.9 Å². The Bertz CT molecular complexity index is 742. The summed E-state index contributed by atoms with van der Waals surface area (Å²) in [5.74, 6) is -0.312. The van der Waals surface area contributed by atoms with Gasteiger partial charge < -0.3 is 19.9 Å². The molecule has 136 valence electrons. The van der Waals surface area contributed by atoms with Crippen molar-refractivity contribution in [3.8, 4) is 0 Å². The van der Waals surface area contributed by atoms with Crippen LogP contribution in [-0.4, -0.2) is 52.5 Å². The lowest BCUT2D eigenvalue weighted by molar-refractivity contribution is -0.126. The van der Waals surface area contributed by atoms with E-state index in [2.05, 4.69) is 10.3 Å². The summed E-state index contributed by atoms with van der Waals surface area (Å²) in [6, 6.07) is 4.57. The van der Waals surface area contributed by atoms with E-state index < -0.39 is 11.1 Å². The molecule has 0 unspecified atom stereocenters. The lowest BCUT2D eigenvalue weighted by atomic mass is 9.82. The molecule has 0 bridgehead atoms. The number of likely N-dealkylation sites (tertiary alicyclic amines) is 1. The maximum absolute atomic E-state index is 13.1. The Hall–Kier alpha value is -2.15. The number of aromatic nitrogens is 1. The third-order valence-corrected chi connectivity index (χ3v) is 5.21. The van der Waals surface area contributed by atoms with Gasteiger partial charge in [-0.05, 0) is 32.8 Å². The molecule has 1 spiro atoms. The molecule has 1 aromatic rings. The van der Waals surface area contributed by atoms with Gasteiger partial charge in [-0.2, -0.15) is 0 Å². The van der Waals surface area contributed by atoms with E-state index in [1.807, 2.05) is 13.8 Å². The molecule has 0 aliphatic carbocycles. The molecule has 2 aliphatic rings. The lowest BCUT2D eigenvalue weighted by Gasteiger charge is -2.38. The van der Waals surface area contributed by atoms with Crippen LogP contribution in [0.1, 0.15) is 50.0 Å². The first-order valence-corrected chi connectivity index (χ1v) is 8.67. The number of ether oxygens (including phenoxy) is 1. The standard InChI is InChI=1S/C18H25N3O4/c1-17(2)11-18(13(25-17)10-15(23)19-3)8-5-9-21(18)16(24)12-6-4-7-14(22)20-12/h4,6-7,13H,5,8-11H2,1-3H3,(H,19,23)(H,20,22)/t13-,18+/m0/s1. The Kier molecular flexibility index (Phi) is 4.45. The van der Waals surface area contributed by atoms with E-state index in [4.69, 9.17) is 4.74 Å². The van der Waals surface area contributed by atoms with Crippen LogP contribution in [0.4, 0.5) is 0 Å². The van der Waals surface area contributed by atoms with Crippen LogP contribution in [0.15, 0.2) is 23.0 Å². The van der Waals surface area contributed by atoms with E-state index in [1.165, 1.54) is 6.07 Å². The molecular formula is C18H25N3O4. The zero-order valence-corrected chi connectivity index (χ0v) is 14.9. The first-order chi connectivity index (χ1) is 11.8. The summed E-state index contributed by atoms with van der Waals surface area (Å²) in [7, 11) is 1.60. The molecule has 3 heterocycles. The number of aromatic amines is 1. The minimum Gasteiger partial charge on any atom is -0.369 e. The van der Waals surface area contributed by atoms with Gasteiger partial charge in [0.1, 0.15) is 5.69 Å². The molecule has 7 heteroatoms. The highest BCUT2D eigenvalue weighted by Crippen LogP contribution is 2.49. The summed E-state index contributed by atoms with van der Waals surface area (Å²) in [5.41, 5.74) is -0.952. The van der Waals surface area contributed by atoms with Crippen LogP contribution in [0.3, 0.4) is 0 Å². The van der Waals surface area contributed by atoms with Gasteiger partial charge in [0.05, 0.1) is 23.7 Å². The molecule has 0 radical (unpaired) electrons. The largest absolute Gasteiger partial charge is 0.369 e. The third-order valence-electron chi connectivity index (χ3n) is 5.21. The molecule has 1 aromatic heterocycles. The zero-order valence-electron chi connectivity index (χ0n) is 14.9. The fourth-order valence-electron chi connectivity index (χ4n) is 4.33. The number of carbonyl (C=O) groups excluding carboxylic acids is 2. The highest BCUT2D eigenvalue weighted by atomic mass is 16.5. The highest BCUT2D eigenvalue weighted by Gasteiger charge is 2.58. The van der Waals surface area contributed by atoms with Crippen molar-refractivity contribution in [2.24, 2.45) is 0 Å². The van der Waals surface area contributed by atoms with Crippen LogP contribution in [0.25, 0.3) is 0 Å². The summed E-state index contributed by atoms with van der Waals surface area (Å²) in [6.07, 6.45) is 2.18. The molecular weight excluding hydrogens is 322 g/mol. The monoisotopic (exact) mass is 347 g/mol. The molecule has 2 fully saturated rings. The molecule has 2 aliphatic heterocycles. The number of nitrogens with one attached hydrogen (secondary N) is 2. The number of carbonyl (C=O) groups is 2. The predicted molar refractivity (Wildman–Crippen MR) is 92.3 cm³/mol. The Labute approximate surface area is 146 Å². The number of amides is 2. The van der Waals surface area contributed by atoms with Crippen molar-refractivity contribution in [2.75, 3.05) is 13.6 Å². The van der Waals surface area contributed by atoms with Crippen molar-refractivity contribution in [2.45, 2.75) is 56.8 Å². The van der Waals surface area contributed by atoms with E-state index >= 15 is 0 Å². The lowest BCUT2D eigenvalue weighted by Crippen LogP contribution is -2.54. The Morgan fingerprint density at radius 3 is 2.84 bits per heavy atom. The number of pyridine rings is 1. The number of hydrogen-bond donors (Lipinski definition) is 2. The second-order valence-electron chi connectivity index (χ2n) is 7.51. The van der Waals surface area contributed by atoms with Crippen molar-refractivity contribution in [3.05, 3.63) is 34.2 Å². The maximum Gasteiger partial charge on any atom is 0.270 e. The van der Waals surface area contributed by atoms with Crippen molar-refractivity contribution < 1.29 is 14.3 Å². The Morgan fingerprint density at radius 2 is 2.16 bits per heavy atom. The van der Waals surface area contributed by atoms with E-state index in [-0.39, 0.29) is 35.6 Å². The van der Waals surface area contributed by atoms with E-state index in [0.717, 1.165) is 12.8 Å². The normalized spacial score (nSPS) is 27.6. The highest BCUT2D eigenvalue weighted by molar-refractivity contribution is 5.93. The van der Waals surface area contributed by atoms with Crippen molar-refractivity contribution in [1.82, 2.24) is 15.2 Å². The predicted octanol–water partition coefficient (Wildman–Crippen LogP) is 1.05. The SMILES string of the molecule is CNC(=O)C[C@@H]1OC(C)(C)C[C@]12CCCN2C(=O)c1cccc(=O)[nH]1. The van der Waals surface area contributed by atoms with E-state index in [0.29, 0.717) is 13.0 Å². The van der Waals surface area contributed by atoms with Crippen LogP contribution in [0, 0.1) is 0 Å². The average Bonchev–Trinajstić information content (AvgIpc) is 3.07. The zero-order chi connectivity index (χ0) is 18.2. The summed E-state index contributed by atoms with van der Waals surface area (Å²) >= 11 is 0. The average molecular weight is 347 g/mol. The molecule has 7 nitrogen and oxygen atoms in total. The minimum absolute atomic E-state index is 0.102. The number of hydrogen-bond acceptors (Lipinski definition) is 4. The molecule has 2 amide bonds. The van der Waals surface area contributed by atoms with E-state index in [1.54, 1.807) is 24.1 Å². The summed E-state index contributed by atoms with van der Waals surface area (Å²) in [4.78, 5) is 41.0. The summed E-state index contributed by atoms with van der Waals surface area (Å²) < 4.78 is 6.17. The van der Waals surface area contributed by atoms with Gasteiger partial charge in [0, 0.05) is 26.1 Å². The van der Waals surface area contributed by atoms with Crippen molar-refractivity contribution in [3.63, 3.8) is 0 Å². The van der Waals surface area contributed by atoms with Crippen LogP contribution in [0.5, 0.6) is 0 Å². The van der Waals surface area contributed by atoms with Crippen molar-refractivity contribution >= 4 is 11.8 Å². The third kappa shape index (κ3) is 3.20. The molecule has 2 atom stereocenters. The number of H-pyrrole nitrogens is 1. The van der Waals surface area contributed by atoms with Crippen LogP contribution in [0.2, 0.25) is 0 Å². The first-order valence-electron chi connectivity index (χ1n) is 8.67. The molecule has 3 rings (SSSR count). The topological polar surface area (TPSA) is 91.5 Å².